The van der Waals surface area contributed by atoms with E-state index in [1.807, 2.05) is 49.4 Å². The van der Waals surface area contributed by atoms with Crippen LogP contribution < -0.4 is 9.64 Å². The molecule has 0 atom stereocenters. The van der Waals surface area contributed by atoms with E-state index in [0.29, 0.717) is 17.4 Å². The predicted octanol–water partition coefficient (Wildman–Crippen LogP) is 5.18. The lowest BCUT2D eigenvalue weighted by molar-refractivity contribution is -0.118. The molecule has 1 heterocycles. The number of nitrogens with zero attached hydrogens (tertiary/aromatic N) is 2. The van der Waals surface area contributed by atoms with Crippen LogP contribution in [0.2, 0.25) is 0 Å². The highest BCUT2D eigenvalue weighted by atomic mass is 32.2. The molecule has 4 aromatic rings. The first-order valence-electron chi connectivity index (χ1n) is 10.9. The first kappa shape index (κ1) is 23.9. The van der Waals surface area contributed by atoms with Crippen LogP contribution in [0.3, 0.4) is 0 Å². The quantitative estimate of drug-likeness (QED) is 0.337. The molecule has 0 bridgehead atoms. The molecule has 8 heteroatoms. The van der Waals surface area contributed by atoms with Crippen molar-refractivity contribution in [1.82, 2.24) is 4.98 Å². The molecule has 0 aliphatic rings. The van der Waals surface area contributed by atoms with Crippen molar-refractivity contribution < 1.29 is 17.9 Å². The fraction of sp³-hybridized carbons (Fsp3) is 0.231. The Balaban J connectivity index is 1.68. The number of thiazole rings is 1. The van der Waals surface area contributed by atoms with Gasteiger partial charge in [-0.1, -0.05) is 66.8 Å². The highest BCUT2D eigenvalue weighted by Gasteiger charge is 2.22. The average Bonchev–Trinajstić information content (AvgIpc) is 3.30. The van der Waals surface area contributed by atoms with Crippen LogP contribution in [0.15, 0.2) is 71.6 Å². The van der Waals surface area contributed by atoms with Crippen molar-refractivity contribution >= 4 is 42.4 Å². The second-order valence-electron chi connectivity index (χ2n) is 7.95. The summed E-state index contributed by atoms with van der Waals surface area (Å²) < 4.78 is 30.7. The van der Waals surface area contributed by atoms with Crippen LogP contribution in [0.1, 0.15) is 23.6 Å². The first-order chi connectivity index (χ1) is 16.3. The molecule has 0 unspecified atom stereocenters. The third kappa shape index (κ3) is 4.98. The standard InChI is InChI=1S/C26H26N2O4S2/c1-4-34(30,31)21-13-11-19(12-14-21)16-23(29)28(17-20-8-6-5-7-9-20)26-27-24-22(32-3)15-10-18(2)25(24)33-26/h5-15H,4,16-17H2,1-3H3. The van der Waals surface area contributed by atoms with Gasteiger partial charge >= 0.3 is 0 Å². The van der Waals surface area contributed by atoms with Gasteiger partial charge in [0.05, 0.1) is 35.4 Å². The molecule has 0 aliphatic carbocycles. The molecule has 4 rings (SSSR count). The fourth-order valence-electron chi connectivity index (χ4n) is 3.66. The number of amides is 1. The molecule has 0 spiro atoms. The van der Waals surface area contributed by atoms with E-state index in [1.165, 1.54) is 11.3 Å². The maximum Gasteiger partial charge on any atom is 0.233 e. The number of methoxy groups -OCH3 is 1. The number of fused-ring (bicyclic) bond motifs is 1. The zero-order valence-corrected chi connectivity index (χ0v) is 20.9. The molecule has 0 aliphatic heterocycles. The lowest BCUT2D eigenvalue weighted by atomic mass is 10.1. The van der Waals surface area contributed by atoms with Gasteiger partial charge in [0.1, 0.15) is 11.3 Å². The SMILES string of the molecule is CCS(=O)(=O)c1ccc(CC(=O)N(Cc2ccccc2)c2nc3c(OC)ccc(C)c3s2)cc1. The number of hydrogen-bond acceptors (Lipinski definition) is 6. The van der Waals surface area contributed by atoms with Crippen LogP contribution in [0, 0.1) is 6.92 Å². The summed E-state index contributed by atoms with van der Waals surface area (Å²) in [6, 6.07) is 20.2. The van der Waals surface area contributed by atoms with Crippen molar-refractivity contribution in [2.24, 2.45) is 0 Å². The molecule has 34 heavy (non-hydrogen) atoms. The topological polar surface area (TPSA) is 76.6 Å². The Kier molecular flexibility index (Phi) is 7.00. The van der Waals surface area contributed by atoms with Crippen molar-refractivity contribution in [2.75, 3.05) is 17.8 Å². The summed E-state index contributed by atoms with van der Waals surface area (Å²) in [5.41, 5.74) is 3.54. The molecule has 1 aromatic heterocycles. The number of benzene rings is 3. The second-order valence-corrected chi connectivity index (χ2v) is 11.2. The molecule has 6 nitrogen and oxygen atoms in total. The maximum atomic E-state index is 13.5. The Morgan fingerprint density at radius 3 is 2.35 bits per heavy atom. The Bertz CT molecular complexity index is 1410. The van der Waals surface area contributed by atoms with E-state index < -0.39 is 9.84 Å². The number of aromatic nitrogens is 1. The van der Waals surface area contributed by atoms with Gasteiger partial charge < -0.3 is 4.74 Å². The zero-order chi connectivity index (χ0) is 24.3. The van der Waals surface area contributed by atoms with E-state index in [9.17, 15) is 13.2 Å². The van der Waals surface area contributed by atoms with E-state index in [4.69, 9.17) is 9.72 Å². The van der Waals surface area contributed by atoms with Gasteiger partial charge in [0.25, 0.3) is 0 Å². The van der Waals surface area contributed by atoms with Crippen molar-refractivity contribution in [3.63, 3.8) is 0 Å². The van der Waals surface area contributed by atoms with E-state index in [0.717, 1.165) is 26.9 Å². The Morgan fingerprint density at radius 2 is 1.71 bits per heavy atom. The Labute approximate surface area is 203 Å². The Morgan fingerprint density at radius 1 is 1.00 bits per heavy atom. The largest absolute Gasteiger partial charge is 0.494 e. The van der Waals surface area contributed by atoms with Gasteiger partial charge in [-0.2, -0.15) is 0 Å². The number of hydrogen-bond donors (Lipinski definition) is 0. The van der Waals surface area contributed by atoms with Crippen LogP contribution >= 0.6 is 11.3 Å². The van der Waals surface area contributed by atoms with Gasteiger partial charge in [-0.05, 0) is 41.8 Å². The maximum absolute atomic E-state index is 13.5. The van der Waals surface area contributed by atoms with E-state index >= 15 is 0 Å². The minimum absolute atomic E-state index is 0.0383. The highest BCUT2D eigenvalue weighted by Crippen LogP contribution is 2.37. The third-order valence-electron chi connectivity index (χ3n) is 5.65. The summed E-state index contributed by atoms with van der Waals surface area (Å²) in [7, 11) is -1.67. The predicted molar refractivity (Wildman–Crippen MR) is 136 cm³/mol. The number of ether oxygens (including phenoxy) is 1. The average molecular weight is 495 g/mol. The number of anilines is 1. The lowest BCUT2D eigenvalue weighted by Crippen LogP contribution is -2.31. The second kappa shape index (κ2) is 9.95. The summed E-state index contributed by atoms with van der Waals surface area (Å²) in [6.07, 6.45) is 0.130. The summed E-state index contributed by atoms with van der Waals surface area (Å²) in [6.45, 7) is 4.01. The minimum Gasteiger partial charge on any atom is -0.494 e. The van der Waals surface area contributed by atoms with Gasteiger partial charge in [-0.25, -0.2) is 13.4 Å². The molecule has 3 aromatic carbocycles. The van der Waals surface area contributed by atoms with Gasteiger partial charge in [0.15, 0.2) is 15.0 Å². The lowest BCUT2D eigenvalue weighted by Gasteiger charge is -2.20. The highest BCUT2D eigenvalue weighted by molar-refractivity contribution is 7.91. The van der Waals surface area contributed by atoms with Crippen LogP contribution in [0.5, 0.6) is 5.75 Å². The first-order valence-corrected chi connectivity index (χ1v) is 13.4. The van der Waals surface area contributed by atoms with Crippen LogP contribution in [-0.2, 0) is 27.6 Å². The Hall–Kier alpha value is -3.23. The molecule has 0 saturated carbocycles. The van der Waals surface area contributed by atoms with Crippen LogP contribution in [0.4, 0.5) is 5.13 Å². The molecular weight excluding hydrogens is 468 g/mol. The van der Waals surface area contributed by atoms with Gasteiger partial charge in [-0.3, -0.25) is 9.69 Å². The number of carbonyl (C=O) groups excluding carboxylic acids is 1. The monoisotopic (exact) mass is 494 g/mol. The normalized spacial score (nSPS) is 11.5. The summed E-state index contributed by atoms with van der Waals surface area (Å²) >= 11 is 1.46. The van der Waals surface area contributed by atoms with Crippen molar-refractivity contribution in [3.05, 3.63) is 83.4 Å². The van der Waals surface area contributed by atoms with E-state index in [-0.39, 0.29) is 23.0 Å². The number of sulfone groups is 1. The van der Waals surface area contributed by atoms with Crippen molar-refractivity contribution in [2.45, 2.75) is 31.7 Å². The smallest absolute Gasteiger partial charge is 0.233 e. The molecular formula is C26H26N2O4S2. The van der Waals surface area contributed by atoms with E-state index in [1.54, 1.807) is 43.2 Å². The van der Waals surface area contributed by atoms with Crippen molar-refractivity contribution in [3.8, 4) is 5.75 Å². The zero-order valence-electron chi connectivity index (χ0n) is 19.3. The number of carbonyl (C=O) groups is 1. The number of rotatable bonds is 8. The summed E-state index contributed by atoms with van der Waals surface area (Å²) in [5, 5.41) is 0.599. The van der Waals surface area contributed by atoms with Crippen molar-refractivity contribution in [1.29, 1.82) is 0 Å². The van der Waals surface area contributed by atoms with E-state index in [2.05, 4.69) is 0 Å². The minimum atomic E-state index is -3.28. The summed E-state index contributed by atoms with van der Waals surface area (Å²) in [4.78, 5) is 20.3. The molecule has 0 saturated heterocycles. The van der Waals surface area contributed by atoms with Gasteiger partial charge in [0, 0.05) is 0 Å². The van der Waals surface area contributed by atoms with Crippen LogP contribution in [-0.4, -0.2) is 32.2 Å². The van der Waals surface area contributed by atoms with Crippen LogP contribution in [0.25, 0.3) is 10.2 Å². The molecule has 0 N–H and O–H groups in total. The fourth-order valence-corrected chi connectivity index (χ4v) is 5.61. The summed E-state index contributed by atoms with van der Waals surface area (Å²) in [5.74, 6) is 0.588. The molecule has 176 valence electrons. The van der Waals surface area contributed by atoms with Gasteiger partial charge in [0.2, 0.25) is 5.91 Å². The third-order valence-corrected chi connectivity index (χ3v) is 8.61. The number of aryl methyl sites for hydroxylation is 1. The van der Waals surface area contributed by atoms with Gasteiger partial charge in [-0.15, -0.1) is 0 Å². The molecule has 1 amide bonds. The molecule has 0 radical (unpaired) electrons. The molecule has 0 fully saturated rings.